The molecule has 3 aliphatic rings. The quantitative estimate of drug-likeness (QED) is 0.342. The third-order valence-corrected chi connectivity index (χ3v) is 7.58. The van der Waals surface area contributed by atoms with Gasteiger partial charge in [-0.2, -0.15) is 0 Å². The van der Waals surface area contributed by atoms with Gasteiger partial charge in [0.25, 0.3) is 0 Å². The number of fused-ring (bicyclic) bond motifs is 3. The van der Waals surface area contributed by atoms with Gasteiger partial charge < -0.3 is 14.5 Å². The summed E-state index contributed by atoms with van der Waals surface area (Å²) >= 11 is 0. The lowest BCUT2D eigenvalue weighted by molar-refractivity contribution is -0.936. The molecule has 0 saturated carbocycles. The third-order valence-electron chi connectivity index (χ3n) is 7.58. The van der Waals surface area contributed by atoms with Gasteiger partial charge in [-0.3, -0.25) is 4.79 Å². The highest BCUT2D eigenvalue weighted by Crippen LogP contribution is 2.35. The number of carbonyl (C=O) groups excluding carboxylic acids is 2. The molecule has 1 amide bonds. The van der Waals surface area contributed by atoms with Gasteiger partial charge in [0.1, 0.15) is 24.0 Å². The fraction of sp³-hybridized carbons (Fsp3) is 0.310. The van der Waals surface area contributed by atoms with E-state index in [1.54, 1.807) is 12.1 Å². The SMILES string of the molecule is O=C(NC1C[N+]2(CC(=O)c3ccc(F)cc3)CCC1CC2)OC(c1cccc(F)c1)c1cccc(F)c1. The summed E-state index contributed by atoms with van der Waals surface area (Å²) in [4.78, 5) is 26.0. The molecule has 0 aromatic heterocycles. The number of piperidine rings is 3. The van der Waals surface area contributed by atoms with Gasteiger partial charge in [0.05, 0.1) is 25.7 Å². The van der Waals surface area contributed by atoms with E-state index in [-0.39, 0.29) is 30.1 Å². The van der Waals surface area contributed by atoms with Crippen molar-refractivity contribution >= 4 is 11.9 Å². The average molecular weight is 510 g/mol. The molecule has 37 heavy (non-hydrogen) atoms. The highest BCUT2D eigenvalue weighted by molar-refractivity contribution is 5.97. The van der Waals surface area contributed by atoms with Crippen LogP contribution in [0.1, 0.15) is 40.4 Å². The van der Waals surface area contributed by atoms with E-state index in [9.17, 15) is 22.8 Å². The number of rotatable bonds is 7. The van der Waals surface area contributed by atoms with Gasteiger partial charge in [-0.25, -0.2) is 18.0 Å². The van der Waals surface area contributed by atoms with Gasteiger partial charge in [0.15, 0.2) is 6.10 Å². The summed E-state index contributed by atoms with van der Waals surface area (Å²) in [5.41, 5.74) is 1.25. The van der Waals surface area contributed by atoms with Crippen molar-refractivity contribution in [3.8, 4) is 0 Å². The lowest BCUT2D eigenvalue weighted by Gasteiger charge is -2.52. The molecule has 3 aliphatic heterocycles. The van der Waals surface area contributed by atoms with Crippen LogP contribution in [0.5, 0.6) is 0 Å². The predicted octanol–water partition coefficient (Wildman–Crippen LogP) is 5.41. The van der Waals surface area contributed by atoms with Crippen molar-refractivity contribution in [2.45, 2.75) is 25.0 Å². The van der Waals surface area contributed by atoms with Crippen LogP contribution in [0.15, 0.2) is 72.8 Å². The Hall–Kier alpha value is -3.65. The van der Waals surface area contributed by atoms with E-state index in [0.29, 0.717) is 27.7 Å². The van der Waals surface area contributed by atoms with E-state index in [1.807, 2.05) is 0 Å². The van der Waals surface area contributed by atoms with Crippen molar-refractivity contribution in [1.29, 1.82) is 0 Å². The highest BCUT2D eigenvalue weighted by Gasteiger charge is 2.47. The molecule has 8 heteroatoms. The minimum Gasteiger partial charge on any atom is -0.436 e. The summed E-state index contributed by atoms with van der Waals surface area (Å²) in [7, 11) is 0. The van der Waals surface area contributed by atoms with Crippen LogP contribution in [-0.4, -0.2) is 48.6 Å². The topological polar surface area (TPSA) is 55.4 Å². The van der Waals surface area contributed by atoms with Gasteiger partial charge in [-0.05, 0) is 65.6 Å². The van der Waals surface area contributed by atoms with Crippen molar-refractivity contribution in [2.24, 2.45) is 5.92 Å². The van der Waals surface area contributed by atoms with Crippen LogP contribution in [0.25, 0.3) is 0 Å². The number of nitrogens with one attached hydrogen (secondary N) is 1. The lowest BCUT2D eigenvalue weighted by atomic mass is 9.81. The zero-order valence-corrected chi connectivity index (χ0v) is 20.2. The van der Waals surface area contributed by atoms with Gasteiger partial charge in [0, 0.05) is 18.4 Å². The second kappa shape index (κ2) is 10.4. The Labute approximate surface area is 213 Å². The Bertz CT molecular complexity index is 1240. The molecule has 1 unspecified atom stereocenters. The summed E-state index contributed by atoms with van der Waals surface area (Å²) in [5.74, 6) is -1.16. The summed E-state index contributed by atoms with van der Waals surface area (Å²) in [6, 6.07) is 16.7. The number of benzene rings is 3. The van der Waals surface area contributed by atoms with E-state index >= 15 is 0 Å². The molecule has 3 heterocycles. The number of hydrogen-bond acceptors (Lipinski definition) is 3. The number of Topliss-reactive ketones (excluding diaryl/α,β-unsaturated/α-hetero) is 1. The molecule has 5 nitrogen and oxygen atoms in total. The van der Waals surface area contributed by atoms with Crippen LogP contribution in [-0.2, 0) is 4.74 Å². The lowest BCUT2D eigenvalue weighted by Crippen LogP contribution is -2.68. The number of ketones is 1. The molecule has 6 rings (SSSR count). The number of nitrogens with zero attached hydrogens (tertiary/aromatic N) is 1. The molecule has 3 aromatic rings. The fourth-order valence-electron chi connectivity index (χ4n) is 5.66. The van der Waals surface area contributed by atoms with Gasteiger partial charge >= 0.3 is 6.09 Å². The zero-order chi connectivity index (χ0) is 26.0. The van der Waals surface area contributed by atoms with Gasteiger partial charge in [-0.15, -0.1) is 0 Å². The summed E-state index contributed by atoms with van der Waals surface area (Å²) in [6.45, 7) is 2.53. The van der Waals surface area contributed by atoms with Crippen LogP contribution in [0, 0.1) is 23.4 Å². The van der Waals surface area contributed by atoms with Gasteiger partial charge in [0.2, 0.25) is 5.78 Å². The standard InChI is InChI=1S/C29H27F3N2O3/c30-23-9-7-20(8-10-23)27(35)18-34-13-11-19(12-14-34)26(17-34)33-29(36)37-28(21-3-1-5-24(31)15-21)22-4-2-6-25(32)16-22/h1-10,15-16,19,26,28H,11-14,17-18H2/p+1. The molecule has 0 radical (unpaired) electrons. The van der Waals surface area contributed by atoms with Crippen LogP contribution in [0.2, 0.25) is 0 Å². The molecule has 0 aliphatic carbocycles. The molecule has 2 bridgehead atoms. The van der Waals surface area contributed by atoms with E-state index in [2.05, 4.69) is 5.32 Å². The first kappa shape index (κ1) is 25.0. The number of carbonyl (C=O) groups is 2. The highest BCUT2D eigenvalue weighted by atomic mass is 19.1. The zero-order valence-electron chi connectivity index (χ0n) is 20.2. The van der Waals surface area contributed by atoms with E-state index in [0.717, 1.165) is 25.9 Å². The maximum Gasteiger partial charge on any atom is 0.408 e. The first-order valence-electron chi connectivity index (χ1n) is 12.4. The fourth-order valence-corrected chi connectivity index (χ4v) is 5.66. The molecule has 3 aromatic carbocycles. The smallest absolute Gasteiger partial charge is 0.408 e. The van der Waals surface area contributed by atoms with Crippen molar-refractivity contribution in [3.63, 3.8) is 0 Å². The number of quaternary nitrogens is 1. The third kappa shape index (κ3) is 5.69. The Morgan fingerprint density at radius 3 is 2.03 bits per heavy atom. The second-order valence-corrected chi connectivity index (χ2v) is 10.0. The Morgan fingerprint density at radius 2 is 1.46 bits per heavy atom. The minimum absolute atomic E-state index is 0.0565. The Morgan fingerprint density at radius 1 is 0.865 bits per heavy atom. The number of hydrogen-bond donors (Lipinski definition) is 1. The molecular formula is C29H28F3N2O3+. The Balaban J connectivity index is 1.29. The average Bonchev–Trinajstić information content (AvgIpc) is 2.88. The Kier molecular flexibility index (Phi) is 7.02. The molecule has 3 saturated heterocycles. The molecule has 192 valence electrons. The van der Waals surface area contributed by atoms with Crippen molar-refractivity contribution < 1.29 is 32.0 Å². The van der Waals surface area contributed by atoms with Gasteiger partial charge in [-0.1, -0.05) is 24.3 Å². The number of halogens is 3. The van der Waals surface area contributed by atoms with Crippen LogP contribution < -0.4 is 5.32 Å². The van der Waals surface area contributed by atoms with Crippen LogP contribution >= 0.6 is 0 Å². The van der Waals surface area contributed by atoms with Crippen LogP contribution in [0.4, 0.5) is 18.0 Å². The van der Waals surface area contributed by atoms with E-state index < -0.39 is 23.8 Å². The summed E-state index contributed by atoms with van der Waals surface area (Å²) in [5, 5.41) is 2.97. The van der Waals surface area contributed by atoms with Crippen molar-refractivity contribution in [2.75, 3.05) is 26.2 Å². The molecular weight excluding hydrogens is 481 g/mol. The maximum atomic E-state index is 13.9. The number of ether oxygens (including phenoxy) is 1. The monoisotopic (exact) mass is 509 g/mol. The molecule has 0 spiro atoms. The normalized spacial score (nSPS) is 22.6. The van der Waals surface area contributed by atoms with E-state index in [1.165, 1.54) is 60.7 Å². The summed E-state index contributed by atoms with van der Waals surface area (Å²) < 4.78 is 47.5. The minimum atomic E-state index is -0.990. The van der Waals surface area contributed by atoms with Crippen molar-refractivity contribution in [1.82, 2.24) is 5.32 Å². The molecule has 1 atom stereocenters. The largest absolute Gasteiger partial charge is 0.436 e. The number of amides is 1. The predicted molar refractivity (Wildman–Crippen MR) is 131 cm³/mol. The number of alkyl carbamates (subject to hydrolysis) is 1. The van der Waals surface area contributed by atoms with E-state index in [4.69, 9.17) is 4.74 Å². The first-order valence-corrected chi connectivity index (χ1v) is 12.4. The molecule has 3 fully saturated rings. The van der Waals surface area contributed by atoms with Crippen molar-refractivity contribution in [3.05, 3.63) is 107 Å². The summed E-state index contributed by atoms with van der Waals surface area (Å²) in [6.07, 6.45) is 0.0496. The van der Waals surface area contributed by atoms with Crippen LogP contribution in [0.3, 0.4) is 0 Å². The maximum absolute atomic E-state index is 13.9. The second-order valence-electron chi connectivity index (χ2n) is 10.0. The first-order chi connectivity index (χ1) is 17.8. The molecule has 1 N–H and O–H groups in total.